The van der Waals surface area contributed by atoms with Crippen LogP contribution in [0.25, 0.3) is 69.8 Å². The molecular weight excluding hydrogens is 539 g/mol. The lowest BCUT2D eigenvalue weighted by atomic mass is 9.80. The second-order valence-corrected chi connectivity index (χ2v) is 13.0. The minimum Gasteiger partial charge on any atom is -0.247 e. The summed E-state index contributed by atoms with van der Waals surface area (Å²) in [6, 6.07) is 37.5. The van der Waals surface area contributed by atoms with E-state index in [0.29, 0.717) is 0 Å². The van der Waals surface area contributed by atoms with E-state index in [1.807, 2.05) is 17.4 Å². The highest BCUT2D eigenvalue weighted by molar-refractivity contribution is 7.26. The number of thiophene rings is 1. The summed E-state index contributed by atoms with van der Waals surface area (Å²) in [5, 5.41) is 6.28. The van der Waals surface area contributed by atoms with Gasteiger partial charge in [-0.2, -0.15) is 0 Å². The van der Waals surface area contributed by atoms with Crippen LogP contribution in [-0.4, -0.2) is 4.98 Å². The lowest BCUT2D eigenvalue weighted by Gasteiger charge is -2.23. The molecule has 2 aromatic heterocycles. The van der Waals surface area contributed by atoms with Gasteiger partial charge in [0.15, 0.2) is 0 Å². The monoisotopic (exact) mass is 569 g/mol. The van der Waals surface area contributed by atoms with Gasteiger partial charge < -0.3 is 0 Å². The third-order valence-corrected chi connectivity index (χ3v) is 10.4. The van der Waals surface area contributed by atoms with Gasteiger partial charge in [-0.3, -0.25) is 0 Å². The third kappa shape index (κ3) is 3.73. The molecule has 0 N–H and O–H groups in total. The van der Waals surface area contributed by atoms with E-state index in [-0.39, 0.29) is 5.41 Å². The van der Waals surface area contributed by atoms with E-state index in [2.05, 4.69) is 143 Å². The molecule has 1 aliphatic carbocycles. The van der Waals surface area contributed by atoms with Crippen molar-refractivity contribution >= 4 is 58.8 Å². The molecule has 0 fully saturated rings. The number of aromatic nitrogens is 1. The molecule has 0 aliphatic heterocycles. The van der Waals surface area contributed by atoms with E-state index >= 15 is 0 Å². The number of fused-ring (bicyclic) bond motifs is 8. The molecule has 8 rings (SSSR count). The zero-order valence-corrected chi connectivity index (χ0v) is 25.4. The first kappa shape index (κ1) is 25.9. The maximum Gasteiger partial charge on any atom is 0.0788 e. The van der Waals surface area contributed by atoms with Crippen LogP contribution < -0.4 is 0 Å². The lowest BCUT2D eigenvalue weighted by molar-refractivity contribution is 0.655. The topological polar surface area (TPSA) is 12.9 Å². The Kier molecular flexibility index (Phi) is 5.79. The van der Waals surface area contributed by atoms with Crippen LogP contribution in [0.5, 0.6) is 0 Å². The summed E-state index contributed by atoms with van der Waals surface area (Å²) in [6.07, 6.45) is 6.44. The molecule has 7 aromatic rings. The van der Waals surface area contributed by atoms with Crippen molar-refractivity contribution in [1.82, 2.24) is 4.98 Å². The quantitative estimate of drug-likeness (QED) is 0.192. The van der Waals surface area contributed by atoms with Crippen molar-refractivity contribution in [2.45, 2.75) is 26.2 Å². The highest BCUT2D eigenvalue weighted by atomic mass is 32.1. The Labute approximate surface area is 256 Å². The van der Waals surface area contributed by atoms with E-state index < -0.39 is 0 Å². The third-order valence-electron chi connectivity index (χ3n) is 9.16. The molecule has 2 heterocycles. The molecule has 206 valence electrons. The number of allylic oxidation sites excluding steroid dienone is 5. The van der Waals surface area contributed by atoms with E-state index in [1.165, 1.54) is 69.7 Å². The van der Waals surface area contributed by atoms with Crippen LogP contribution in [0.3, 0.4) is 0 Å². The molecule has 1 aliphatic rings. The molecule has 0 saturated carbocycles. The number of nitrogens with zero attached hydrogens (tertiary/aromatic N) is 1. The summed E-state index contributed by atoms with van der Waals surface area (Å²) in [6.45, 7) is 11.0. The predicted molar refractivity (Wildman–Crippen MR) is 188 cm³/mol. The summed E-state index contributed by atoms with van der Waals surface area (Å²) >= 11 is 1.87. The van der Waals surface area contributed by atoms with Gasteiger partial charge in [-0.15, -0.1) is 11.3 Å². The number of pyridine rings is 1. The van der Waals surface area contributed by atoms with E-state index in [0.717, 1.165) is 16.8 Å². The van der Waals surface area contributed by atoms with Gasteiger partial charge >= 0.3 is 0 Å². The van der Waals surface area contributed by atoms with Gasteiger partial charge in [0.2, 0.25) is 0 Å². The van der Waals surface area contributed by atoms with Crippen LogP contribution in [0, 0.1) is 0 Å². The van der Waals surface area contributed by atoms with Crippen LogP contribution in [-0.2, 0) is 5.41 Å². The van der Waals surface area contributed by atoms with Gasteiger partial charge in [0.1, 0.15) is 0 Å². The zero-order chi connectivity index (χ0) is 29.3. The molecule has 0 atom stereocenters. The summed E-state index contributed by atoms with van der Waals surface area (Å²) < 4.78 is 2.65. The first-order chi connectivity index (χ1) is 21.0. The van der Waals surface area contributed by atoms with Crippen molar-refractivity contribution in [3.8, 4) is 22.4 Å². The fourth-order valence-electron chi connectivity index (χ4n) is 7.19. The summed E-state index contributed by atoms with van der Waals surface area (Å²) in [4.78, 5) is 5.33. The first-order valence-electron chi connectivity index (χ1n) is 14.9. The number of para-hydroxylation sites is 1. The SMILES string of the molecule is C=CC1=C(/C=C\C)c2c(ccc3c(-c4cccc(-c5cccc6c5sc5ccccc56)c4)nc4ccccc4c23)C1(C)C. The van der Waals surface area contributed by atoms with E-state index in [4.69, 9.17) is 4.98 Å². The van der Waals surface area contributed by atoms with Gasteiger partial charge in [-0.1, -0.05) is 124 Å². The number of rotatable bonds is 4. The highest BCUT2D eigenvalue weighted by Gasteiger charge is 2.37. The van der Waals surface area contributed by atoms with E-state index in [9.17, 15) is 0 Å². The Morgan fingerprint density at radius 2 is 1.49 bits per heavy atom. The van der Waals surface area contributed by atoms with Crippen molar-refractivity contribution in [2.24, 2.45) is 0 Å². The predicted octanol–water partition coefficient (Wildman–Crippen LogP) is 11.9. The molecule has 0 spiro atoms. The first-order valence-corrected chi connectivity index (χ1v) is 15.7. The molecule has 0 bridgehead atoms. The van der Waals surface area contributed by atoms with Crippen LogP contribution in [0.15, 0.2) is 134 Å². The second-order valence-electron chi connectivity index (χ2n) is 11.9. The normalized spacial score (nSPS) is 14.5. The molecule has 5 aromatic carbocycles. The Hall–Kier alpha value is -4.79. The van der Waals surface area contributed by atoms with Crippen LogP contribution in [0.4, 0.5) is 0 Å². The second kappa shape index (κ2) is 9.62. The molecule has 0 radical (unpaired) electrons. The Balaban J connectivity index is 1.42. The minimum absolute atomic E-state index is 0.131. The molecular formula is C41H31NS. The van der Waals surface area contributed by atoms with Crippen LogP contribution in [0.2, 0.25) is 0 Å². The van der Waals surface area contributed by atoms with Gasteiger partial charge in [0.25, 0.3) is 0 Å². The van der Waals surface area contributed by atoms with Crippen molar-refractivity contribution in [2.75, 3.05) is 0 Å². The fraction of sp³-hybridized carbons (Fsp3) is 0.0976. The van der Waals surface area contributed by atoms with Crippen molar-refractivity contribution in [3.05, 3.63) is 145 Å². The van der Waals surface area contributed by atoms with Crippen LogP contribution >= 0.6 is 11.3 Å². The molecule has 2 heteroatoms. The van der Waals surface area contributed by atoms with Gasteiger partial charge in [0.05, 0.1) is 11.2 Å². The van der Waals surface area contributed by atoms with Gasteiger partial charge in [-0.25, -0.2) is 4.98 Å². The largest absolute Gasteiger partial charge is 0.247 e. The average Bonchev–Trinajstić information content (AvgIpc) is 3.52. The zero-order valence-electron chi connectivity index (χ0n) is 24.6. The smallest absolute Gasteiger partial charge is 0.0788 e. The molecule has 43 heavy (non-hydrogen) atoms. The number of hydrogen-bond acceptors (Lipinski definition) is 2. The average molecular weight is 570 g/mol. The highest BCUT2D eigenvalue weighted by Crippen LogP contribution is 2.52. The maximum atomic E-state index is 5.33. The standard InChI is InChI=1S/C41H31NS/c1-5-13-30-33(6-2)41(3,4)34-23-22-32-37(38(30)34)31-17-7-9-20-35(31)42-39(32)26-15-11-14-25(24-26)27-18-12-19-29-28-16-8-10-21-36(28)43-40(27)29/h5-24H,2H2,1,3-4H3/b13-5-. The fourth-order valence-corrected chi connectivity index (χ4v) is 8.43. The Bertz CT molecular complexity index is 2340. The minimum atomic E-state index is -0.131. The molecule has 1 nitrogen and oxygen atoms in total. The molecule has 0 unspecified atom stereocenters. The van der Waals surface area contributed by atoms with Gasteiger partial charge in [-0.05, 0) is 58.5 Å². The van der Waals surface area contributed by atoms with Gasteiger partial charge in [0, 0.05) is 47.3 Å². The lowest BCUT2D eigenvalue weighted by Crippen LogP contribution is -2.16. The Morgan fingerprint density at radius 1 is 0.744 bits per heavy atom. The number of benzene rings is 5. The summed E-state index contributed by atoms with van der Waals surface area (Å²) in [5.74, 6) is 0. The summed E-state index contributed by atoms with van der Waals surface area (Å²) in [7, 11) is 0. The molecule has 0 saturated heterocycles. The number of hydrogen-bond donors (Lipinski definition) is 0. The Morgan fingerprint density at radius 3 is 2.33 bits per heavy atom. The van der Waals surface area contributed by atoms with Crippen molar-refractivity contribution < 1.29 is 0 Å². The van der Waals surface area contributed by atoms with Crippen molar-refractivity contribution in [3.63, 3.8) is 0 Å². The molecule has 0 amide bonds. The van der Waals surface area contributed by atoms with E-state index in [1.54, 1.807) is 0 Å². The maximum absolute atomic E-state index is 5.33. The summed E-state index contributed by atoms with van der Waals surface area (Å²) in [5.41, 5.74) is 10.7. The van der Waals surface area contributed by atoms with Crippen molar-refractivity contribution in [1.29, 1.82) is 0 Å². The van der Waals surface area contributed by atoms with Crippen LogP contribution in [0.1, 0.15) is 31.9 Å².